The number of rotatable bonds is 5. The molecule has 2 aromatic rings. The predicted molar refractivity (Wildman–Crippen MR) is 113 cm³/mol. The first-order valence-corrected chi connectivity index (χ1v) is 9.09. The fourth-order valence-corrected chi connectivity index (χ4v) is 3.00. The van der Waals surface area contributed by atoms with E-state index >= 15 is 0 Å². The van der Waals surface area contributed by atoms with Gasteiger partial charge >= 0.3 is 0 Å². The van der Waals surface area contributed by atoms with Gasteiger partial charge in [-0.15, -0.1) is 0 Å². The molecule has 0 aliphatic heterocycles. The molecule has 2 aromatic carbocycles. The van der Waals surface area contributed by atoms with Gasteiger partial charge in [0.15, 0.2) is 0 Å². The summed E-state index contributed by atoms with van der Waals surface area (Å²) in [5.41, 5.74) is 2.99. The maximum atomic E-state index is 12.4. The number of benzene rings is 2. The Bertz CT molecular complexity index is 920. The Morgan fingerprint density at radius 3 is 2.58 bits per heavy atom. The number of amides is 1. The molecule has 7 heteroatoms. The molecule has 0 aliphatic rings. The maximum absolute atomic E-state index is 12.4. The Morgan fingerprint density at radius 2 is 1.96 bits per heavy atom. The lowest BCUT2D eigenvalue weighted by Gasteiger charge is -2.11. The lowest BCUT2D eigenvalue weighted by atomic mass is 10.2. The van der Waals surface area contributed by atoms with E-state index in [1.165, 1.54) is 13.3 Å². The zero-order chi connectivity index (χ0) is 19.3. The zero-order valence-electron chi connectivity index (χ0n) is 14.5. The molecular formula is C19H17ClIN3O2. The van der Waals surface area contributed by atoms with E-state index in [9.17, 15) is 10.1 Å². The number of nitriles is 1. The van der Waals surface area contributed by atoms with Gasteiger partial charge in [0.25, 0.3) is 5.91 Å². The van der Waals surface area contributed by atoms with E-state index in [0.717, 1.165) is 14.7 Å². The van der Waals surface area contributed by atoms with Crippen LogP contribution in [-0.4, -0.2) is 13.0 Å². The molecule has 0 spiro atoms. The van der Waals surface area contributed by atoms with E-state index in [1.54, 1.807) is 12.1 Å². The highest BCUT2D eigenvalue weighted by atomic mass is 127. The number of nitrogens with zero attached hydrogens (tertiary/aromatic N) is 1. The van der Waals surface area contributed by atoms with E-state index in [1.807, 2.05) is 38.1 Å². The third kappa shape index (κ3) is 4.90. The smallest absolute Gasteiger partial charge is 0.267 e. The summed E-state index contributed by atoms with van der Waals surface area (Å²) in [6.07, 6.45) is 1.35. The van der Waals surface area contributed by atoms with E-state index in [-0.39, 0.29) is 5.57 Å². The van der Waals surface area contributed by atoms with Gasteiger partial charge in [0.1, 0.15) is 17.4 Å². The van der Waals surface area contributed by atoms with Crippen molar-refractivity contribution >= 4 is 51.5 Å². The van der Waals surface area contributed by atoms with Crippen LogP contribution in [0.25, 0.3) is 0 Å². The van der Waals surface area contributed by atoms with Crippen molar-refractivity contribution in [2.75, 3.05) is 17.7 Å². The lowest BCUT2D eigenvalue weighted by Crippen LogP contribution is -2.15. The molecule has 1 amide bonds. The van der Waals surface area contributed by atoms with Crippen molar-refractivity contribution in [2.45, 2.75) is 13.8 Å². The quantitative estimate of drug-likeness (QED) is 0.357. The van der Waals surface area contributed by atoms with Crippen molar-refractivity contribution in [2.24, 2.45) is 0 Å². The van der Waals surface area contributed by atoms with Gasteiger partial charge in [-0.25, -0.2) is 0 Å². The molecule has 0 bridgehead atoms. The monoisotopic (exact) mass is 481 g/mol. The summed E-state index contributed by atoms with van der Waals surface area (Å²) in [4.78, 5) is 12.4. The molecule has 0 heterocycles. The molecular weight excluding hydrogens is 465 g/mol. The van der Waals surface area contributed by atoms with Crippen LogP contribution in [-0.2, 0) is 4.79 Å². The van der Waals surface area contributed by atoms with Crippen LogP contribution < -0.4 is 15.4 Å². The van der Waals surface area contributed by atoms with Crippen LogP contribution >= 0.6 is 34.2 Å². The summed E-state index contributed by atoms with van der Waals surface area (Å²) in [6.45, 7) is 3.75. The molecule has 0 atom stereocenters. The Labute approximate surface area is 171 Å². The summed E-state index contributed by atoms with van der Waals surface area (Å²) in [5, 5.41) is 15.6. The van der Waals surface area contributed by atoms with Crippen molar-refractivity contribution < 1.29 is 9.53 Å². The second-order valence-corrected chi connectivity index (χ2v) is 7.18. The largest absolute Gasteiger partial charge is 0.495 e. The van der Waals surface area contributed by atoms with Crippen LogP contribution in [0.15, 0.2) is 42.1 Å². The summed E-state index contributed by atoms with van der Waals surface area (Å²) in [7, 11) is 1.52. The zero-order valence-corrected chi connectivity index (χ0v) is 17.4. The van der Waals surface area contributed by atoms with Gasteiger partial charge in [-0.3, -0.25) is 4.79 Å². The summed E-state index contributed by atoms with van der Waals surface area (Å²) in [5.74, 6) is 0.0250. The molecule has 0 radical (unpaired) electrons. The van der Waals surface area contributed by atoms with E-state index in [4.69, 9.17) is 16.3 Å². The van der Waals surface area contributed by atoms with Crippen LogP contribution in [0.4, 0.5) is 11.4 Å². The van der Waals surface area contributed by atoms with Crippen LogP contribution in [0.3, 0.4) is 0 Å². The Kier molecular flexibility index (Phi) is 6.89. The third-order valence-corrected chi connectivity index (χ3v) is 4.73. The maximum Gasteiger partial charge on any atom is 0.267 e. The molecule has 0 aliphatic carbocycles. The SMILES string of the molecule is COc1cc(Cl)c(C)cc1N/C=C(/C#N)C(=O)Nc1ccc(I)cc1C. The number of methoxy groups -OCH3 is 1. The van der Waals surface area contributed by atoms with Crippen LogP contribution in [0.1, 0.15) is 11.1 Å². The fraction of sp³-hybridized carbons (Fsp3) is 0.158. The number of carbonyl (C=O) groups excluding carboxylic acids is 1. The Balaban J connectivity index is 2.21. The van der Waals surface area contributed by atoms with Crippen molar-refractivity contribution in [3.05, 3.63) is 61.8 Å². The van der Waals surface area contributed by atoms with Crippen LogP contribution in [0, 0.1) is 28.7 Å². The fourth-order valence-electron chi connectivity index (χ4n) is 2.20. The van der Waals surface area contributed by atoms with Gasteiger partial charge in [0.2, 0.25) is 0 Å². The number of halogens is 2. The molecule has 0 unspecified atom stereocenters. The second kappa shape index (κ2) is 8.92. The predicted octanol–water partition coefficient (Wildman–Crippen LogP) is 5.03. The highest BCUT2D eigenvalue weighted by Gasteiger charge is 2.12. The van der Waals surface area contributed by atoms with Crippen molar-refractivity contribution in [1.29, 1.82) is 5.26 Å². The number of nitrogens with one attached hydrogen (secondary N) is 2. The molecule has 0 saturated carbocycles. The van der Waals surface area contributed by atoms with Gasteiger partial charge in [-0.1, -0.05) is 11.6 Å². The number of hydrogen-bond donors (Lipinski definition) is 2. The third-order valence-electron chi connectivity index (χ3n) is 3.65. The highest BCUT2D eigenvalue weighted by Crippen LogP contribution is 2.31. The second-order valence-electron chi connectivity index (χ2n) is 5.53. The van der Waals surface area contributed by atoms with Gasteiger partial charge in [0.05, 0.1) is 12.8 Å². The molecule has 0 fully saturated rings. The van der Waals surface area contributed by atoms with Gasteiger partial charge in [-0.2, -0.15) is 5.26 Å². The minimum atomic E-state index is -0.492. The standard InChI is InChI=1S/C19H17ClIN3O2/c1-11-7-17(18(26-3)8-15(11)20)23-10-13(9-22)19(25)24-16-5-4-14(21)6-12(16)2/h4-8,10,23H,1-3H3,(H,24,25)/b13-10-. The first-order valence-electron chi connectivity index (χ1n) is 7.64. The van der Waals surface area contributed by atoms with Gasteiger partial charge < -0.3 is 15.4 Å². The Morgan fingerprint density at radius 1 is 1.23 bits per heavy atom. The topological polar surface area (TPSA) is 74.1 Å². The number of ether oxygens (including phenoxy) is 1. The molecule has 2 N–H and O–H groups in total. The molecule has 0 aromatic heterocycles. The van der Waals surface area contributed by atoms with Gasteiger partial charge in [0, 0.05) is 26.5 Å². The van der Waals surface area contributed by atoms with Crippen molar-refractivity contribution in [3.63, 3.8) is 0 Å². The first-order chi connectivity index (χ1) is 12.3. The number of hydrogen-bond acceptors (Lipinski definition) is 4. The van der Waals surface area contributed by atoms with Crippen molar-refractivity contribution in [1.82, 2.24) is 0 Å². The summed E-state index contributed by atoms with van der Waals surface area (Å²) >= 11 is 8.28. The number of anilines is 2. The Hall–Kier alpha value is -2.24. The normalized spacial score (nSPS) is 10.8. The minimum absolute atomic E-state index is 0.0578. The van der Waals surface area contributed by atoms with Crippen LogP contribution in [0.5, 0.6) is 5.75 Å². The molecule has 26 heavy (non-hydrogen) atoms. The summed E-state index contributed by atoms with van der Waals surface area (Å²) < 4.78 is 6.34. The molecule has 0 saturated heterocycles. The first kappa shape index (κ1) is 20.1. The summed E-state index contributed by atoms with van der Waals surface area (Å²) in [6, 6.07) is 11.0. The lowest BCUT2D eigenvalue weighted by molar-refractivity contribution is -0.112. The van der Waals surface area contributed by atoms with Gasteiger partial charge in [-0.05, 0) is 71.8 Å². The minimum Gasteiger partial charge on any atom is -0.495 e. The number of carbonyl (C=O) groups is 1. The van der Waals surface area contributed by atoms with E-state index < -0.39 is 5.91 Å². The average Bonchev–Trinajstić information content (AvgIpc) is 2.60. The highest BCUT2D eigenvalue weighted by molar-refractivity contribution is 14.1. The number of aryl methyl sites for hydroxylation is 2. The molecule has 2 rings (SSSR count). The average molecular weight is 482 g/mol. The molecule has 5 nitrogen and oxygen atoms in total. The van der Waals surface area contributed by atoms with Crippen molar-refractivity contribution in [3.8, 4) is 11.8 Å². The molecule has 134 valence electrons. The van der Waals surface area contributed by atoms with E-state index in [0.29, 0.717) is 22.1 Å². The van der Waals surface area contributed by atoms with Crippen LogP contribution in [0.2, 0.25) is 5.02 Å². The van der Waals surface area contributed by atoms with E-state index in [2.05, 4.69) is 33.2 Å².